The van der Waals surface area contributed by atoms with Gasteiger partial charge in [-0.2, -0.15) is 0 Å². The number of amides is 2. The molecule has 0 spiro atoms. The molecule has 7 nitrogen and oxygen atoms in total. The molecule has 2 aliphatic heterocycles. The Kier molecular flexibility index (Phi) is 5.01. The summed E-state index contributed by atoms with van der Waals surface area (Å²) in [7, 11) is 0. The van der Waals surface area contributed by atoms with Crippen LogP contribution in [0.2, 0.25) is 0 Å². The van der Waals surface area contributed by atoms with E-state index in [1.54, 1.807) is 18.2 Å². The lowest BCUT2D eigenvalue weighted by atomic mass is 10.1. The Morgan fingerprint density at radius 2 is 2.08 bits per heavy atom. The molecule has 1 aromatic carbocycles. The van der Waals surface area contributed by atoms with Gasteiger partial charge in [-0.25, -0.2) is 0 Å². The van der Waals surface area contributed by atoms with E-state index in [0.29, 0.717) is 23.5 Å². The van der Waals surface area contributed by atoms with Crippen LogP contribution >= 0.6 is 0 Å². The van der Waals surface area contributed by atoms with Crippen molar-refractivity contribution in [3.8, 4) is 5.75 Å². The van der Waals surface area contributed by atoms with Gasteiger partial charge in [0.2, 0.25) is 0 Å². The van der Waals surface area contributed by atoms with Crippen LogP contribution in [0.3, 0.4) is 0 Å². The highest BCUT2D eigenvalue weighted by Gasteiger charge is 2.22. The fraction of sp³-hybridized carbons (Fsp3) is 0.529. The zero-order chi connectivity index (χ0) is 17.1. The van der Waals surface area contributed by atoms with E-state index < -0.39 is 0 Å². The van der Waals surface area contributed by atoms with Crippen LogP contribution < -0.4 is 15.4 Å². The number of rotatable bonds is 4. The second-order valence-electron chi connectivity index (χ2n) is 6.32. The number of anilines is 1. The van der Waals surface area contributed by atoms with E-state index in [9.17, 15) is 9.59 Å². The van der Waals surface area contributed by atoms with Gasteiger partial charge < -0.3 is 20.1 Å². The first kappa shape index (κ1) is 16.7. The number of carbonyl (C=O) groups is 2. The summed E-state index contributed by atoms with van der Waals surface area (Å²) in [5.41, 5.74) is 1.12. The van der Waals surface area contributed by atoms with Crippen LogP contribution in [0.4, 0.5) is 5.69 Å². The van der Waals surface area contributed by atoms with Crippen molar-refractivity contribution >= 4 is 17.5 Å². The molecule has 1 fully saturated rings. The van der Waals surface area contributed by atoms with Crippen molar-refractivity contribution in [1.82, 2.24) is 10.2 Å². The van der Waals surface area contributed by atoms with Gasteiger partial charge in [-0.3, -0.25) is 14.5 Å². The van der Waals surface area contributed by atoms with E-state index in [1.807, 2.05) is 0 Å². The molecule has 0 bridgehead atoms. The molecule has 24 heavy (non-hydrogen) atoms. The van der Waals surface area contributed by atoms with Crippen molar-refractivity contribution in [3.05, 3.63) is 23.8 Å². The van der Waals surface area contributed by atoms with Gasteiger partial charge in [-0.15, -0.1) is 0 Å². The van der Waals surface area contributed by atoms with Gasteiger partial charge in [0.25, 0.3) is 11.8 Å². The fourth-order valence-electron chi connectivity index (χ4n) is 3.11. The van der Waals surface area contributed by atoms with Crippen molar-refractivity contribution < 1.29 is 19.1 Å². The molecule has 0 aromatic heterocycles. The normalized spacial score (nSPS) is 23.8. The van der Waals surface area contributed by atoms with Crippen LogP contribution in [0.1, 0.15) is 24.2 Å². The number of nitrogens with zero attached hydrogens (tertiary/aromatic N) is 1. The van der Waals surface area contributed by atoms with Crippen LogP contribution in [-0.4, -0.2) is 61.7 Å². The summed E-state index contributed by atoms with van der Waals surface area (Å²) in [6.07, 6.45) is 0.440. The van der Waals surface area contributed by atoms with Crippen molar-refractivity contribution in [3.63, 3.8) is 0 Å². The predicted molar refractivity (Wildman–Crippen MR) is 89.3 cm³/mol. The standard InChI is InChI=1S/C17H23N3O4/c1-11-8-20(9-12(2)24-11)6-5-18-17(22)13-3-4-14-15(7-13)23-10-16(21)19-14/h3-4,7,11-12H,5-6,8-10H2,1-2H3,(H,18,22)(H,19,21)/t11-,12+. The van der Waals surface area contributed by atoms with E-state index >= 15 is 0 Å². The number of hydrogen-bond acceptors (Lipinski definition) is 5. The first-order valence-corrected chi connectivity index (χ1v) is 8.24. The average molecular weight is 333 g/mol. The van der Waals surface area contributed by atoms with Gasteiger partial charge in [-0.05, 0) is 32.0 Å². The minimum Gasteiger partial charge on any atom is -0.482 e. The van der Waals surface area contributed by atoms with Crippen LogP contribution in [0, 0.1) is 0 Å². The molecule has 0 aliphatic carbocycles. The zero-order valence-electron chi connectivity index (χ0n) is 14.0. The topological polar surface area (TPSA) is 79.9 Å². The lowest BCUT2D eigenvalue weighted by Gasteiger charge is -2.35. The molecule has 1 aromatic rings. The van der Waals surface area contributed by atoms with Gasteiger partial charge in [0.1, 0.15) is 5.75 Å². The van der Waals surface area contributed by atoms with E-state index in [4.69, 9.17) is 9.47 Å². The molecule has 2 heterocycles. The Hall–Kier alpha value is -2.12. The largest absolute Gasteiger partial charge is 0.482 e. The highest BCUT2D eigenvalue weighted by Crippen LogP contribution is 2.28. The summed E-state index contributed by atoms with van der Waals surface area (Å²) in [6.45, 7) is 7.24. The average Bonchev–Trinajstić information content (AvgIpc) is 2.53. The summed E-state index contributed by atoms with van der Waals surface area (Å²) < 4.78 is 11.0. The Balaban J connectivity index is 1.51. The molecule has 3 rings (SSSR count). The number of hydrogen-bond donors (Lipinski definition) is 2. The van der Waals surface area contributed by atoms with Crippen LogP contribution in [0.25, 0.3) is 0 Å². The number of morpholine rings is 1. The van der Waals surface area contributed by atoms with E-state index in [-0.39, 0.29) is 30.6 Å². The van der Waals surface area contributed by atoms with Crippen molar-refractivity contribution in [2.45, 2.75) is 26.1 Å². The third-order valence-electron chi connectivity index (χ3n) is 4.09. The Morgan fingerprint density at radius 1 is 1.33 bits per heavy atom. The minimum atomic E-state index is -0.186. The van der Waals surface area contributed by atoms with Gasteiger partial charge in [0.15, 0.2) is 6.61 Å². The van der Waals surface area contributed by atoms with Crippen molar-refractivity contribution in [2.24, 2.45) is 0 Å². The monoisotopic (exact) mass is 333 g/mol. The third-order valence-corrected chi connectivity index (χ3v) is 4.09. The van der Waals surface area contributed by atoms with Crippen LogP contribution in [0.15, 0.2) is 18.2 Å². The number of carbonyl (C=O) groups excluding carboxylic acids is 2. The number of benzene rings is 1. The van der Waals surface area contributed by atoms with E-state index in [1.165, 1.54) is 0 Å². The molecule has 0 saturated carbocycles. The smallest absolute Gasteiger partial charge is 0.262 e. The van der Waals surface area contributed by atoms with Gasteiger partial charge in [-0.1, -0.05) is 0 Å². The van der Waals surface area contributed by atoms with Crippen molar-refractivity contribution in [2.75, 3.05) is 38.1 Å². The van der Waals surface area contributed by atoms with E-state index in [0.717, 1.165) is 19.6 Å². The highest BCUT2D eigenvalue weighted by atomic mass is 16.5. The number of fused-ring (bicyclic) bond motifs is 1. The second-order valence-corrected chi connectivity index (χ2v) is 6.32. The molecule has 0 radical (unpaired) electrons. The second kappa shape index (κ2) is 7.19. The maximum atomic E-state index is 12.3. The maximum absolute atomic E-state index is 12.3. The van der Waals surface area contributed by atoms with Crippen LogP contribution in [-0.2, 0) is 9.53 Å². The summed E-state index contributed by atoms with van der Waals surface area (Å²) in [5.74, 6) is 0.194. The van der Waals surface area contributed by atoms with Crippen LogP contribution in [0.5, 0.6) is 5.75 Å². The maximum Gasteiger partial charge on any atom is 0.262 e. The minimum absolute atomic E-state index is 0.0223. The highest BCUT2D eigenvalue weighted by molar-refractivity contribution is 5.98. The molecule has 2 amide bonds. The quantitative estimate of drug-likeness (QED) is 0.854. The van der Waals surface area contributed by atoms with E-state index in [2.05, 4.69) is 29.4 Å². The molecule has 2 atom stereocenters. The molecule has 1 saturated heterocycles. The molecule has 2 aliphatic rings. The molecule has 2 N–H and O–H groups in total. The summed E-state index contributed by atoms with van der Waals surface area (Å²) in [5, 5.41) is 5.63. The molecule has 7 heteroatoms. The third kappa shape index (κ3) is 4.04. The first-order valence-electron chi connectivity index (χ1n) is 8.24. The van der Waals surface area contributed by atoms with Gasteiger partial charge >= 0.3 is 0 Å². The lowest BCUT2D eigenvalue weighted by Crippen LogP contribution is -2.47. The summed E-state index contributed by atoms with van der Waals surface area (Å²) >= 11 is 0. The Morgan fingerprint density at radius 3 is 2.83 bits per heavy atom. The lowest BCUT2D eigenvalue weighted by molar-refractivity contribution is -0.118. The number of ether oxygens (including phenoxy) is 2. The van der Waals surface area contributed by atoms with Gasteiger partial charge in [0.05, 0.1) is 17.9 Å². The van der Waals surface area contributed by atoms with Crippen molar-refractivity contribution in [1.29, 1.82) is 0 Å². The summed E-state index contributed by atoms with van der Waals surface area (Å²) in [6, 6.07) is 5.03. The predicted octanol–water partition coefficient (Wildman–Crippen LogP) is 0.856. The van der Waals surface area contributed by atoms with Gasteiger partial charge in [0, 0.05) is 31.7 Å². The zero-order valence-corrected chi connectivity index (χ0v) is 14.0. The fourth-order valence-corrected chi connectivity index (χ4v) is 3.11. The molecular weight excluding hydrogens is 310 g/mol. The molecular formula is C17H23N3O4. The number of nitrogens with one attached hydrogen (secondary N) is 2. The molecule has 0 unspecified atom stereocenters. The Labute approximate surface area is 141 Å². The first-order chi connectivity index (χ1) is 11.5. The summed E-state index contributed by atoms with van der Waals surface area (Å²) in [4.78, 5) is 25.8. The molecule has 130 valence electrons. The Bertz CT molecular complexity index is 624. The SMILES string of the molecule is C[C@@H]1CN(CCNC(=O)c2ccc3c(c2)OCC(=O)N3)C[C@H](C)O1.